The number of ether oxygens (including phenoxy) is 2. The van der Waals surface area contributed by atoms with Crippen molar-refractivity contribution in [2.75, 3.05) is 0 Å². The fourth-order valence-electron chi connectivity index (χ4n) is 1.11. The van der Waals surface area contributed by atoms with E-state index in [2.05, 4.69) is 15.9 Å². The SMILES string of the molecule is CC1Oc2cc(Br)cc(Cl)c2O1. The van der Waals surface area contributed by atoms with Crippen LogP contribution < -0.4 is 9.47 Å². The van der Waals surface area contributed by atoms with Crippen molar-refractivity contribution < 1.29 is 9.47 Å². The Balaban J connectivity index is 2.52. The van der Waals surface area contributed by atoms with Crippen LogP contribution in [0.2, 0.25) is 5.02 Å². The average Bonchev–Trinajstić information content (AvgIpc) is 2.29. The van der Waals surface area contributed by atoms with Gasteiger partial charge in [-0.2, -0.15) is 0 Å². The third-order valence-electron chi connectivity index (χ3n) is 1.55. The van der Waals surface area contributed by atoms with Gasteiger partial charge in [-0.25, -0.2) is 0 Å². The first-order chi connectivity index (χ1) is 5.66. The molecule has 0 saturated heterocycles. The van der Waals surface area contributed by atoms with E-state index in [4.69, 9.17) is 21.1 Å². The zero-order chi connectivity index (χ0) is 8.72. The molecule has 0 aromatic heterocycles. The highest BCUT2D eigenvalue weighted by Crippen LogP contribution is 2.42. The molecule has 4 heteroatoms. The van der Waals surface area contributed by atoms with Gasteiger partial charge in [0.05, 0.1) is 5.02 Å². The molecule has 1 aliphatic rings. The van der Waals surface area contributed by atoms with Gasteiger partial charge in [-0.05, 0) is 12.1 Å². The average molecular weight is 249 g/mol. The Bertz CT molecular complexity index is 327. The van der Waals surface area contributed by atoms with Gasteiger partial charge in [0.2, 0.25) is 6.29 Å². The summed E-state index contributed by atoms with van der Waals surface area (Å²) in [5, 5.41) is 0.573. The van der Waals surface area contributed by atoms with Crippen LogP contribution in [0.1, 0.15) is 6.92 Å². The van der Waals surface area contributed by atoms with Gasteiger partial charge in [-0.3, -0.25) is 0 Å². The van der Waals surface area contributed by atoms with E-state index >= 15 is 0 Å². The van der Waals surface area contributed by atoms with Crippen LogP contribution in [0.5, 0.6) is 11.5 Å². The van der Waals surface area contributed by atoms with Crippen molar-refractivity contribution in [3.8, 4) is 11.5 Å². The van der Waals surface area contributed by atoms with Crippen molar-refractivity contribution in [2.45, 2.75) is 13.2 Å². The quantitative estimate of drug-likeness (QED) is 0.703. The molecule has 0 radical (unpaired) electrons. The molecule has 0 amide bonds. The first-order valence-electron chi connectivity index (χ1n) is 3.49. The maximum atomic E-state index is 5.91. The molecular formula is C8H6BrClO2. The zero-order valence-electron chi connectivity index (χ0n) is 6.30. The van der Waals surface area contributed by atoms with Gasteiger partial charge in [0, 0.05) is 11.4 Å². The molecule has 12 heavy (non-hydrogen) atoms. The summed E-state index contributed by atoms with van der Waals surface area (Å²) >= 11 is 9.22. The van der Waals surface area contributed by atoms with Crippen molar-refractivity contribution in [3.63, 3.8) is 0 Å². The van der Waals surface area contributed by atoms with Crippen LogP contribution >= 0.6 is 27.5 Å². The number of fused-ring (bicyclic) bond motifs is 1. The summed E-state index contributed by atoms with van der Waals surface area (Å²) in [6.45, 7) is 1.82. The van der Waals surface area contributed by atoms with Crippen LogP contribution in [0.25, 0.3) is 0 Å². The van der Waals surface area contributed by atoms with Crippen LogP contribution in [0, 0.1) is 0 Å². The summed E-state index contributed by atoms with van der Waals surface area (Å²) < 4.78 is 11.5. The molecule has 64 valence electrons. The van der Waals surface area contributed by atoms with Gasteiger partial charge in [0.1, 0.15) is 0 Å². The van der Waals surface area contributed by atoms with Crippen LogP contribution in [0.4, 0.5) is 0 Å². The van der Waals surface area contributed by atoms with Gasteiger partial charge in [-0.15, -0.1) is 0 Å². The van der Waals surface area contributed by atoms with E-state index in [1.807, 2.05) is 13.0 Å². The van der Waals surface area contributed by atoms with Crippen LogP contribution in [0.15, 0.2) is 16.6 Å². The summed E-state index contributed by atoms with van der Waals surface area (Å²) in [5.74, 6) is 1.33. The lowest BCUT2D eigenvalue weighted by atomic mass is 10.3. The minimum absolute atomic E-state index is 0.244. The number of hydrogen-bond donors (Lipinski definition) is 0. The van der Waals surface area contributed by atoms with E-state index in [-0.39, 0.29) is 6.29 Å². The fourth-order valence-corrected chi connectivity index (χ4v) is 1.93. The number of hydrogen-bond acceptors (Lipinski definition) is 2. The smallest absolute Gasteiger partial charge is 0.238 e. The summed E-state index contributed by atoms with van der Waals surface area (Å²) in [6.07, 6.45) is -0.244. The zero-order valence-corrected chi connectivity index (χ0v) is 8.65. The molecule has 0 aliphatic carbocycles. The minimum Gasteiger partial charge on any atom is -0.451 e. The Morgan fingerprint density at radius 3 is 2.92 bits per heavy atom. The number of rotatable bonds is 0. The highest BCUT2D eigenvalue weighted by Gasteiger charge is 2.23. The predicted molar refractivity (Wildman–Crippen MR) is 49.9 cm³/mol. The fraction of sp³-hybridized carbons (Fsp3) is 0.250. The third-order valence-corrected chi connectivity index (χ3v) is 2.29. The molecule has 1 atom stereocenters. The number of halogens is 2. The van der Waals surface area contributed by atoms with E-state index in [9.17, 15) is 0 Å². The topological polar surface area (TPSA) is 18.5 Å². The standard InChI is InChI=1S/C8H6BrClO2/c1-4-11-7-3-5(9)2-6(10)8(7)12-4/h2-4H,1H3. The second-order valence-corrected chi connectivity index (χ2v) is 3.84. The Labute approximate surface area is 83.6 Å². The lowest BCUT2D eigenvalue weighted by Gasteiger charge is -2.00. The largest absolute Gasteiger partial charge is 0.451 e. The van der Waals surface area contributed by atoms with E-state index in [0.29, 0.717) is 16.5 Å². The predicted octanol–water partition coefficient (Wildman–Crippen LogP) is 3.22. The highest BCUT2D eigenvalue weighted by molar-refractivity contribution is 9.10. The maximum Gasteiger partial charge on any atom is 0.238 e. The lowest BCUT2D eigenvalue weighted by Crippen LogP contribution is -2.11. The van der Waals surface area contributed by atoms with E-state index in [1.54, 1.807) is 6.07 Å². The molecular weight excluding hydrogens is 243 g/mol. The molecule has 0 N–H and O–H groups in total. The van der Waals surface area contributed by atoms with Gasteiger partial charge in [-0.1, -0.05) is 27.5 Å². The van der Waals surface area contributed by atoms with Gasteiger partial charge >= 0.3 is 0 Å². The van der Waals surface area contributed by atoms with Gasteiger partial charge < -0.3 is 9.47 Å². The van der Waals surface area contributed by atoms with Crippen molar-refractivity contribution in [2.24, 2.45) is 0 Å². The highest BCUT2D eigenvalue weighted by atomic mass is 79.9. The lowest BCUT2D eigenvalue weighted by molar-refractivity contribution is 0.0679. The molecule has 1 aromatic carbocycles. The maximum absolute atomic E-state index is 5.91. The summed E-state index contributed by atoms with van der Waals surface area (Å²) in [5.41, 5.74) is 0. The van der Waals surface area contributed by atoms with Crippen molar-refractivity contribution in [1.29, 1.82) is 0 Å². The van der Waals surface area contributed by atoms with Gasteiger partial charge in [0.25, 0.3) is 0 Å². The van der Waals surface area contributed by atoms with Crippen molar-refractivity contribution in [3.05, 3.63) is 21.6 Å². The number of benzene rings is 1. The van der Waals surface area contributed by atoms with E-state index in [1.165, 1.54) is 0 Å². The van der Waals surface area contributed by atoms with E-state index < -0.39 is 0 Å². The van der Waals surface area contributed by atoms with Gasteiger partial charge in [0.15, 0.2) is 11.5 Å². The summed E-state index contributed by atoms with van der Waals surface area (Å²) in [6, 6.07) is 3.62. The Kier molecular flexibility index (Phi) is 1.93. The summed E-state index contributed by atoms with van der Waals surface area (Å²) in [7, 11) is 0. The molecule has 0 bridgehead atoms. The molecule has 0 spiro atoms. The molecule has 1 heterocycles. The normalized spacial score (nSPS) is 19.8. The van der Waals surface area contributed by atoms with Crippen molar-refractivity contribution >= 4 is 27.5 Å². The van der Waals surface area contributed by atoms with Crippen LogP contribution in [-0.2, 0) is 0 Å². The Morgan fingerprint density at radius 1 is 1.42 bits per heavy atom. The van der Waals surface area contributed by atoms with E-state index in [0.717, 1.165) is 4.47 Å². The molecule has 1 aromatic rings. The minimum atomic E-state index is -0.244. The molecule has 2 rings (SSSR count). The molecule has 0 fully saturated rings. The molecule has 1 aliphatic heterocycles. The van der Waals surface area contributed by atoms with Crippen LogP contribution in [0.3, 0.4) is 0 Å². The Hall–Kier alpha value is -0.410. The first kappa shape index (κ1) is 8.20. The molecule has 2 nitrogen and oxygen atoms in total. The first-order valence-corrected chi connectivity index (χ1v) is 4.66. The third kappa shape index (κ3) is 1.27. The van der Waals surface area contributed by atoms with Crippen LogP contribution in [-0.4, -0.2) is 6.29 Å². The summed E-state index contributed by atoms with van der Waals surface area (Å²) in [4.78, 5) is 0. The molecule has 0 saturated carbocycles. The second-order valence-electron chi connectivity index (χ2n) is 2.52. The second kappa shape index (κ2) is 2.82. The Morgan fingerprint density at radius 2 is 2.17 bits per heavy atom. The molecule has 1 unspecified atom stereocenters. The monoisotopic (exact) mass is 248 g/mol. The van der Waals surface area contributed by atoms with Crippen molar-refractivity contribution in [1.82, 2.24) is 0 Å².